The minimum absolute atomic E-state index is 0.156. The van der Waals surface area contributed by atoms with Gasteiger partial charge in [-0.1, -0.05) is 6.07 Å². The van der Waals surface area contributed by atoms with Crippen molar-refractivity contribution in [3.63, 3.8) is 0 Å². The van der Waals surface area contributed by atoms with Gasteiger partial charge < -0.3 is 4.90 Å². The van der Waals surface area contributed by atoms with Crippen LogP contribution in [0.4, 0.5) is 0 Å². The van der Waals surface area contributed by atoms with Gasteiger partial charge in [0.1, 0.15) is 0 Å². The lowest BCUT2D eigenvalue weighted by molar-refractivity contribution is -0.139. The van der Waals surface area contributed by atoms with Crippen LogP contribution in [-0.4, -0.2) is 40.3 Å². The molecule has 4 heterocycles. The lowest BCUT2D eigenvalue weighted by Gasteiger charge is -2.39. The maximum absolute atomic E-state index is 13.1. The molecule has 24 heavy (non-hydrogen) atoms. The Kier molecular flexibility index (Phi) is 4.37. The van der Waals surface area contributed by atoms with Crippen molar-refractivity contribution in [2.24, 2.45) is 5.41 Å². The Morgan fingerprint density at radius 3 is 2.92 bits per heavy atom. The van der Waals surface area contributed by atoms with Gasteiger partial charge in [-0.3, -0.25) is 14.7 Å². The van der Waals surface area contributed by atoms with Crippen molar-refractivity contribution in [2.75, 3.05) is 19.6 Å². The second-order valence-corrected chi connectivity index (χ2v) is 7.84. The number of hydrogen-bond acceptors (Lipinski definition) is 4. The summed E-state index contributed by atoms with van der Waals surface area (Å²) >= 11 is 1.75. The maximum Gasteiger partial charge on any atom is 0.230 e. The fourth-order valence-corrected chi connectivity index (χ4v) is 4.80. The fourth-order valence-electron chi connectivity index (χ4n) is 4.14. The van der Waals surface area contributed by atoms with Crippen LogP contribution in [0.1, 0.15) is 30.4 Å². The van der Waals surface area contributed by atoms with E-state index in [0.717, 1.165) is 51.0 Å². The summed E-state index contributed by atoms with van der Waals surface area (Å²) in [5.74, 6) is 0.348. The van der Waals surface area contributed by atoms with Gasteiger partial charge in [-0.25, -0.2) is 0 Å². The molecule has 0 aliphatic carbocycles. The van der Waals surface area contributed by atoms with E-state index < -0.39 is 0 Å². The molecule has 4 rings (SSSR count). The monoisotopic (exact) mass is 341 g/mol. The number of piperidine rings is 1. The third kappa shape index (κ3) is 3.10. The first-order valence-electron chi connectivity index (χ1n) is 8.67. The fraction of sp³-hybridized carbons (Fsp3) is 0.474. The van der Waals surface area contributed by atoms with E-state index in [1.54, 1.807) is 17.5 Å². The zero-order chi connectivity index (χ0) is 16.4. The van der Waals surface area contributed by atoms with Gasteiger partial charge >= 0.3 is 0 Å². The molecule has 0 aromatic carbocycles. The molecule has 1 amide bonds. The van der Waals surface area contributed by atoms with E-state index in [4.69, 9.17) is 0 Å². The second kappa shape index (κ2) is 6.65. The summed E-state index contributed by atoms with van der Waals surface area (Å²) in [7, 11) is 0. The van der Waals surface area contributed by atoms with Crippen LogP contribution in [-0.2, 0) is 17.9 Å². The van der Waals surface area contributed by atoms with E-state index in [1.165, 1.54) is 5.56 Å². The summed E-state index contributed by atoms with van der Waals surface area (Å²) < 4.78 is 0. The van der Waals surface area contributed by atoms with Gasteiger partial charge in [0.15, 0.2) is 0 Å². The molecule has 0 bridgehead atoms. The smallest absolute Gasteiger partial charge is 0.230 e. The van der Waals surface area contributed by atoms with Crippen molar-refractivity contribution in [1.29, 1.82) is 0 Å². The first-order chi connectivity index (χ1) is 11.8. The Bertz CT molecular complexity index is 688. The van der Waals surface area contributed by atoms with Crippen molar-refractivity contribution >= 4 is 17.2 Å². The Morgan fingerprint density at radius 1 is 1.17 bits per heavy atom. The zero-order valence-corrected chi connectivity index (χ0v) is 14.7. The van der Waals surface area contributed by atoms with Crippen molar-refractivity contribution in [1.82, 2.24) is 14.8 Å². The Labute approximate surface area is 147 Å². The van der Waals surface area contributed by atoms with Crippen LogP contribution < -0.4 is 0 Å². The van der Waals surface area contributed by atoms with Crippen molar-refractivity contribution in [3.8, 4) is 0 Å². The highest BCUT2D eigenvalue weighted by atomic mass is 32.1. The number of carbonyl (C=O) groups excluding carboxylic acids is 1. The molecule has 1 spiro atoms. The van der Waals surface area contributed by atoms with E-state index in [1.807, 2.05) is 17.2 Å². The quantitative estimate of drug-likeness (QED) is 0.857. The Morgan fingerprint density at radius 2 is 2.12 bits per heavy atom. The molecular weight excluding hydrogens is 318 g/mol. The molecule has 0 unspecified atom stereocenters. The number of amides is 1. The number of likely N-dealkylation sites (tertiary alicyclic amines) is 2. The van der Waals surface area contributed by atoms with Gasteiger partial charge in [-0.2, -0.15) is 11.3 Å². The van der Waals surface area contributed by atoms with Crippen LogP contribution in [0, 0.1) is 5.41 Å². The number of pyridine rings is 1. The van der Waals surface area contributed by atoms with E-state index in [-0.39, 0.29) is 5.41 Å². The summed E-state index contributed by atoms with van der Waals surface area (Å²) in [5.41, 5.74) is 2.33. The van der Waals surface area contributed by atoms with Gasteiger partial charge in [0.25, 0.3) is 0 Å². The lowest BCUT2D eigenvalue weighted by Crippen LogP contribution is -2.47. The standard InChI is InChI=1S/C19H23N3OS/c23-18-19(6-9-22(18)13-16-3-1-7-20-11-16)5-2-8-21(15-19)12-17-4-10-24-14-17/h1,3-4,7,10-11,14H,2,5-6,8-9,12-13,15H2/t19-/m0/s1. The van der Waals surface area contributed by atoms with Gasteiger partial charge in [0.2, 0.25) is 5.91 Å². The maximum atomic E-state index is 13.1. The topological polar surface area (TPSA) is 36.4 Å². The van der Waals surface area contributed by atoms with Gasteiger partial charge in [0.05, 0.1) is 5.41 Å². The first-order valence-corrected chi connectivity index (χ1v) is 9.61. The number of rotatable bonds is 4. The van der Waals surface area contributed by atoms with Crippen LogP contribution in [0.3, 0.4) is 0 Å². The van der Waals surface area contributed by atoms with E-state index in [2.05, 4.69) is 32.8 Å². The minimum atomic E-state index is -0.156. The number of carbonyl (C=O) groups is 1. The van der Waals surface area contributed by atoms with Crippen molar-refractivity contribution < 1.29 is 4.79 Å². The molecule has 126 valence electrons. The highest BCUT2D eigenvalue weighted by Crippen LogP contribution is 2.41. The predicted octanol–water partition coefficient (Wildman–Crippen LogP) is 3.16. The molecule has 2 saturated heterocycles. The summed E-state index contributed by atoms with van der Waals surface area (Å²) in [6, 6.07) is 6.18. The lowest BCUT2D eigenvalue weighted by atomic mass is 9.78. The van der Waals surface area contributed by atoms with E-state index in [9.17, 15) is 4.79 Å². The SMILES string of the molecule is O=C1N(Cc2cccnc2)CC[C@]12CCCN(Cc1ccsc1)C2. The molecule has 2 aromatic heterocycles. The Hall–Kier alpha value is -1.72. The van der Waals surface area contributed by atoms with Crippen LogP contribution in [0.15, 0.2) is 41.4 Å². The largest absolute Gasteiger partial charge is 0.338 e. The second-order valence-electron chi connectivity index (χ2n) is 7.06. The number of thiophene rings is 1. The third-order valence-corrected chi connectivity index (χ3v) is 6.07. The molecule has 0 radical (unpaired) electrons. The average Bonchev–Trinajstić information content (AvgIpc) is 3.21. The molecule has 0 N–H and O–H groups in total. The third-order valence-electron chi connectivity index (χ3n) is 5.34. The van der Waals surface area contributed by atoms with Crippen LogP contribution >= 0.6 is 11.3 Å². The predicted molar refractivity (Wildman–Crippen MR) is 95.5 cm³/mol. The Balaban J connectivity index is 1.44. The molecule has 0 saturated carbocycles. The van der Waals surface area contributed by atoms with Gasteiger partial charge in [0, 0.05) is 38.6 Å². The molecular formula is C19H23N3OS. The van der Waals surface area contributed by atoms with E-state index in [0.29, 0.717) is 12.5 Å². The van der Waals surface area contributed by atoms with Crippen LogP contribution in [0.5, 0.6) is 0 Å². The van der Waals surface area contributed by atoms with Gasteiger partial charge in [-0.15, -0.1) is 0 Å². The van der Waals surface area contributed by atoms with Crippen LogP contribution in [0.2, 0.25) is 0 Å². The average molecular weight is 341 g/mol. The summed E-state index contributed by atoms with van der Waals surface area (Å²) in [6.07, 6.45) is 6.79. The van der Waals surface area contributed by atoms with Crippen LogP contribution in [0.25, 0.3) is 0 Å². The zero-order valence-electron chi connectivity index (χ0n) is 13.9. The highest BCUT2D eigenvalue weighted by Gasteiger charge is 2.48. The molecule has 2 aliphatic rings. The molecule has 2 aliphatic heterocycles. The summed E-state index contributed by atoms with van der Waals surface area (Å²) in [4.78, 5) is 21.8. The molecule has 2 aromatic rings. The molecule has 2 fully saturated rings. The molecule has 4 nitrogen and oxygen atoms in total. The number of nitrogens with zero attached hydrogens (tertiary/aromatic N) is 3. The minimum Gasteiger partial charge on any atom is -0.338 e. The number of hydrogen-bond donors (Lipinski definition) is 0. The van der Waals surface area contributed by atoms with Crippen molar-refractivity contribution in [2.45, 2.75) is 32.4 Å². The molecule has 5 heteroatoms. The number of aromatic nitrogens is 1. The summed E-state index contributed by atoms with van der Waals surface area (Å²) in [6.45, 7) is 4.55. The molecule has 1 atom stereocenters. The highest BCUT2D eigenvalue weighted by molar-refractivity contribution is 7.07. The van der Waals surface area contributed by atoms with Gasteiger partial charge in [-0.05, 0) is 59.8 Å². The summed E-state index contributed by atoms with van der Waals surface area (Å²) in [5, 5.41) is 4.35. The first kappa shape index (κ1) is 15.8. The normalized spacial score (nSPS) is 24.8. The van der Waals surface area contributed by atoms with Crippen molar-refractivity contribution in [3.05, 3.63) is 52.5 Å². The van der Waals surface area contributed by atoms with E-state index >= 15 is 0 Å².